The summed E-state index contributed by atoms with van der Waals surface area (Å²) in [5.74, 6) is -1.37. The first-order chi connectivity index (χ1) is 12.8. The summed E-state index contributed by atoms with van der Waals surface area (Å²) in [5.41, 5.74) is 0.888. The molecule has 0 fully saturated rings. The molecule has 6 nitrogen and oxygen atoms in total. The van der Waals surface area contributed by atoms with Crippen LogP contribution in [0.25, 0.3) is 0 Å². The van der Waals surface area contributed by atoms with Gasteiger partial charge in [0.2, 0.25) is 0 Å². The molecule has 0 saturated carbocycles. The molecule has 1 aliphatic rings. The van der Waals surface area contributed by atoms with Crippen molar-refractivity contribution in [1.29, 1.82) is 0 Å². The molecule has 1 aliphatic heterocycles. The maximum absolute atomic E-state index is 12.6. The zero-order chi connectivity index (χ0) is 19.7. The van der Waals surface area contributed by atoms with E-state index < -0.39 is 23.8 Å². The van der Waals surface area contributed by atoms with Crippen molar-refractivity contribution >= 4 is 41.0 Å². The van der Waals surface area contributed by atoms with Crippen molar-refractivity contribution in [1.82, 2.24) is 4.90 Å². The highest BCUT2D eigenvalue weighted by Crippen LogP contribution is 2.32. The number of para-hydroxylation sites is 1. The first-order valence-electron chi connectivity index (χ1n) is 8.00. The predicted molar refractivity (Wildman–Crippen MR) is 99.2 cm³/mol. The summed E-state index contributed by atoms with van der Waals surface area (Å²) in [6.07, 6.45) is 0. The highest BCUT2D eigenvalue weighted by atomic mass is 35.5. The standard InChI is InChI=1S/C19H15Cl2NO5/c1-10(19(25)27-9-11-5-3-4-6-16(11)26-2)22-17(23)12-7-14(20)15(21)8-13(12)18(22)24/h3-8,10H,9H2,1-2H3/t10-/m0/s1. The van der Waals surface area contributed by atoms with Gasteiger partial charge in [0.25, 0.3) is 11.8 Å². The van der Waals surface area contributed by atoms with Crippen LogP contribution in [0.3, 0.4) is 0 Å². The number of halogens is 2. The Hall–Kier alpha value is -2.57. The summed E-state index contributed by atoms with van der Waals surface area (Å²) < 4.78 is 10.5. The van der Waals surface area contributed by atoms with Crippen LogP contribution in [-0.4, -0.2) is 35.8 Å². The lowest BCUT2D eigenvalue weighted by molar-refractivity contribution is -0.149. The van der Waals surface area contributed by atoms with E-state index in [0.717, 1.165) is 4.90 Å². The van der Waals surface area contributed by atoms with Gasteiger partial charge in [-0.15, -0.1) is 0 Å². The van der Waals surface area contributed by atoms with Gasteiger partial charge < -0.3 is 9.47 Å². The molecule has 0 spiro atoms. The molecule has 0 saturated heterocycles. The van der Waals surface area contributed by atoms with Crippen LogP contribution in [0.1, 0.15) is 33.2 Å². The van der Waals surface area contributed by atoms with Crippen LogP contribution in [-0.2, 0) is 16.1 Å². The molecule has 2 aromatic carbocycles. The fourth-order valence-electron chi connectivity index (χ4n) is 2.80. The Morgan fingerprint density at radius 3 is 2.19 bits per heavy atom. The van der Waals surface area contributed by atoms with Crippen LogP contribution in [0.4, 0.5) is 0 Å². The molecule has 1 atom stereocenters. The number of fused-ring (bicyclic) bond motifs is 1. The molecule has 0 unspecified atom stereocenters. The van der Waals surface area contributed by atoms with E-state index >= 15 is 0 Å². The van der Waals surface area contributed by atoms with Gasteiger partial charge in [-0.2, -0.15) is 0 Å². The number of imide groups is 1. The van der Waals surface area contributed by atoms with E-state index in [1.54, 1.807) is 24.3 Å². The second kappa shape index (κ2) is 7.58. The van der Waals surface area contributed by atoms with Crippen LogP contribution < -0.4 is 4.74 Å². The Bertz CT molecular complexity index is 903. The Morgan fingerprint density at radius 1 is 1.07 bits per heavy atom. The summed E-state index contributed by atoms with van der Waals surface area (Å²) in [4.78, 5) is 38.4. The number of esters is 1. The largest absolute Gasteiger partial charge is 0.496 e. The van der Waals surface area contributed by atoms with E-state index in [-0.39, 0.29) is 27.8 Å². The average Bonchev–Trinajstić information content (AvgIpc) is 2.90. The van der Waals surface area contributed by atoms with Crippen LogP contribution in [0, 0.1) is 0 Å². The zero-order valence-corrected chi connectivity index (χ0v) is 16.0. The maximum Gasteiger partial charge on any atom is 0.329 e. The monoisotopic (exact) mass is 407 g/mol. The molecule has 1 heterocycles. The van der Waals surface area contributed by atoms with Gasteiger partial charge >= 0.3 is 5.97 Å². The van der Waals surface area contributed by atoms with Gasteiger partial charge in [-0.25, -0.2) is 4.79 Å². The highest BCUT2D eigenvalue weighted by molar-refractivity contribution is 6.43. The quantitative estimate of drug-likeness (QED) is 0.557. The fourth-order valence-corrected chi connectivity index (χ4v) is 3.13. The summed E-state index contributed by atoms with van der Waals surface area (Å²) in [7, 11) is 1.51. The average molecular weight is 408 g/mol. The van der Waals surface area contributed by atoms with Crippen molar-refractivity contribution in [3.8, 4) is 5.75 Å². The van der Waals surface area contributed by atoms with Crippen molar-refractivity contribution in [3.05, 3.63) is 63.1 Å². The number of hydrogen-bond acceptors (Lipinski definition) is 5. The third kappa shape index (κ3) is 3.50. The zero-order valence-electron chi connectivity index (χ0n) is 14.5. The van der Waals surface area contributed by atoms with Crippen LogP contribution in [0.15, 0.2) is 36.4 Å². The molecule has 3 rings (SSSR count). The fraction of sp³-hybridized carbons (Fsp3) is 0.211. The SMILES string of the molecule is COc1ccccc1COC(=O)[C@H](C)N1C(=O)c2cc(Cl)c(Cl)cc2C1=O. The number of ether oxygens (including phenoxy) is 2. The topological polar surface area (TPSA) is 72.9 Å². The van der Waals surface area contributed by atoms with Gasteiger partial charge in [0, 0.05) is 5.56 Å². The minimum atomic E-state index is -1.11. The Morgan fingerprint density at radius 2 is 1.63 bits per heavy atom. The Kier molecular flexibility index (Phi) is 5.39. The van der Waals surface area contributed by atoms with Crippen molar-refractivity contribution < 1.29 is 23.9 Å². The van der Waals surface area contributed by atoms with E-state index in [9.17, 15) is 14.4 Å². The lowest BCUT2D eigenvalue weighted by Crippen LogP contribution is -2.43. The second-order valence-electron chi connectivity index (χ2n) is 5.89. The Balaban J connectivity index is 1.76. The highest BCUT2D eigenvalue weighted by Gasteiger charge is 2.42. The lowest BCUT2D eigenvalue weighted by atomic mass is 10.1. The summed E-state index contributed by atoms with van der Waals surface area (Å²) in [6, 6.07) is 8.62. The molecule has 140 valence electrons. The van der Waals surface area contributed by atoms with Crippen LogP contribution >= 0.6 is 23.2 Å². The van der Waals surface area contributed by atoms with Crippen molar-refractivity contribution in [2.24, 2.45) is 0 Å². The number of hydrogen-bond donors (Lipinski definition) is 0. The number of amides is 2. The molecule has 27 heavy (non-hydrogen) atoms. The van der Waals surface area contributed by atoms with Crippen molar-refractivity contribution in [2.45, 2.75) is 19.6 Å². The smallest absolute Gasteiger partial charge is 0.329 e. The van der Waals surface area contributed by atoms with Gasteiger partial charge in [0.15, 0.2) is 0 Å². The van der Waals surface area contributed by atoms with E-state index in [1.165, 1.54) is 26.2 Å². The summed E-state index contributed by atoms with van der Waals surface area (Å²) in [5, 5.41) is 0.314. The molecular formula is C19H15Cl2NO5. The second-order valence-corrected chi connectivity index (χ2v) is 6.70. The molecule has 2 aromatic rings. The molecule has 0 N–H and O–H groups in total. The van der Waals surface area contributed by atoms with Crippen molar-refractivity contribution in [2.75, 3.05) is 7.11 Å². The van der Waals surface area contributed by atoms with Crippen molar-refractivity contribution in [3.63, 3.8) is 0 Å². The van der Waals surface area contributed by atoms with E-state index in [2.05, 4.69) is 0 Å². The van der Waals surface area contributed by atoms with Gasteiger partial charge in [-0.1, -0.05) is 41.4 Å². The van der Waals surface area contributed by atoms with E-state index in [1.807, 2.05) is 0 Å². The van der Waals surface area contributed by atoms with Gasteiger partial charge in [0.05, 0.1) is 28.3 Å². The number of rotatable bonds is 5. The number of carbonyl (C=O) groups is 3. The molecular weight excluding hydrogens is 393 g/mol. The van der Waals surface area contributed by atoms with E-state index in [0.29, 0.717) is 11.3 Å². The first kappa shape index (κ1) is 19.2. The first-order valence-corrected chi connectivity index (χ1v) is 8.76. The molecule has 0 aromatic heterocycles. The maximum atomic E-state index is 12.6. The van der Waals surface area contributed by atoms with Crippen LogP contribution in [0.5, 0.6) is 5.75 Å². The van der Waals surface area contributed by atoms with Gasteiger partial charge in [-0.05, 0) is 25.1 Å². The van der Waals surface area contributed by atoms with Gasteiger partial charge in [-0.3, -0.25) is 14.5 Å². The van der Waals surface area contributed by atoms with E-state index in [4.69, 9.17) is 32.7 Å². The Labute approximate surface area is 165 Å². The summed E-state index contributed by atoms with van der Waals surface area (Å²) >= 11 is 11.8. The third-order valence-corrected chi connectivity index (χ3v) is 4.97. The number of benzene rings is 2. The molecule has 0 bridgehead atoms. The van der Waals surface area contributed by atoms with Crippen LogP contribution in [0.2, 0.25) is 10.0 Å². The minimum absolute atomic E-state index is 0.0476. The molecule has 2 amide bonds. The minimum Gasteiger partial charge on any atom is -0.496 e. The van der Waals surface area contributed by atoms with Gasteiger partial charge in [0.1, 0.15) is 18.4 Å². The molecule has 8 heteroatoms. The normalized spacial score (nSPS) is 14.1. The number of nitrogens with zero attached hydrogens (tertiary/aromatic N) is 1. The molecule has 0 radical (unpaired) electrons. The third-order valence-electron chi connectivity index (χ3n) is 4.25. The lowest BCUT2D eigenvalue weighted by Gasteiger charge is -2.21. The molecule has 0 aliphatic carbocycles. The number of methoxy groups -OCH3 is 1. The predicted octanol–water partition coefficient (Wildman–Crippen LogP) is 3.73. The summed E-state index contributed by atoms with van der Waals surface area (Å²) in [6.45, 7) is 1.38. The number of carbonyl (C=O) groups excluding carboxylic acids is 3.